The molecule has 3 saturated heterocycles. The molecule has 0 spiro atoms. The van der Waals surface area contributed by atoms with Crippen molar-refractivity contribution in [2.75, 3.05) is 19.7 Å². The topological polar surface area (TPSA) is 147 Å². The van der Waals surface area contributed by atoms with Crippen LogP contribution < -0.4 is 14.9 Å². The van der Waals surface area contributed by atoms with Gasteiger partial charge in [-0.1, -0.05) is 31.2 Å². The van der Waals surface area contributed by atoms with Crippen molar-refractivity contribution in [1.29, 1.82) is 0 Å². The molecule has 2 unspecified atom stereocenters. The van der Waals surface area contributed by atoms with Crippen molar-refractivity contribution in [2.24, 2.45) is 11.8 Å². The Morgan fingerprint density at radius 2 is 1.81 bits per heavy atom. The van der Waals surface area contributed by atoms with Crippen molar-refractivity contribution in [3.8, 4) is 5.75 Å². The molecular formula is C43H49FN5O7PS. The molecule has 306 valence electrons. The Bertz CT molecular complexity index is 2250. The van der Waals surface area contributed by atoms with Crippen LogP contribution in [0.5, 0.6) is 5.75 Å². The smallest absolute Gasteiger partial charge is 0.355 e. The average Bonchev–Trinajstić information content (AvgIpc) is 3.55. The van der Waals surface area contributed by atoms with E-state index in [4.69, 9.17) is 9.26 Å². The lowest BCUT2D eigenvalue weighted by Gasteiger charge is -2.43. The van der Waals surface area contributed by atoms with Crippen molar-refractivity contribution in [1.82, 2.24) is 25.2 Å². The third-order valence-electron chi connectivity index (χ3n) is 12.0. The minimum Gasteiger partial charge on any atom is -0.465 e. The van der Waals surface area contributed by atoms with Crippen LogP contribution in [0.15, 0.2) is 73.1 Å². The standard InChI is InChI=1S/C43H49FN5O7PS/c1-4-16-55-43(53)26(3)47-57(54,56-33-8-6-5-7-9-33)39(44)27-10-13-37-30(17-27)21-38(58-37)40(50)46-35-20-29-18-28(29)19-32-11-12-36(49(32)41(35)51)42(52)48-23-31(24-48)34-22-45-15-14-25(34)2/h5-10,13-15,17,21-22,26,28-29,31-32,35-36,39H,4,11-12,16,18-20,23-24H2,1-3H3,(H,46,50)(H,47,54)/t26-,28-,29+,32+,35-,36-,39?,57?/m0/s1. The number of amides is 3. The van der Waals surface area contributed by atoms with Gasteiger partial charge >= 0.3 is 13.5 Å². The molecule has 8 rings (SSSR count). The number of nitrogens with zero attached hydrogens (tertiary/aromatic N) is 3. The molecule has 3 aliphatic heterocycles. The normalized spacial score (nSPS) is 25.0. The van der Waals surface area contributed by atoms with Gasteiger partial charge in [0.2, 0.25) is 17.7 Å². The molecule has 8 atom stereocenters. The number of esters is 1. The van der Waals surface area contributed by atoms with Gasteiger partial charge in [-0.05, 0) is 123 Å². The van der Waals surface area contributed by atoms with Crippen LogP contribution in [0.1, 0.15) is 90.6 Å². The molecule has 12 nitrogen and oxygen atoms in total. The number of aryl methyl sites for hydroxylation is 1. The van der Waals surface area contributed by atoms with Gasteiger partial charge in [0.05, 0.1) is 11.5 Å². The van der Waals surface area contributed by atoms with Crippen LogP contribution in [0.2, 0.25) is 0 Å². The Morgan fingerprint density at radius 3 is 2.57 bits per heavy atom. The van der Waals surface area contributed by atoms with E-state index in [1.807, 2.05) is 24.1 Å². The predicted molar refractivity (Wildman–Crippen MR) is 218 cm³/mol. The lowest BCUT2D eigenvalue weighted by molar-refractivity contribution is -0.149. The van der Waals surface area contributed by atoms with E-state index in [1.165, 1.54) is 30.4 Å². The van der Waals surface area contributed by atoms with E-state index in [2.05, 4.69) is 22.3 Å². The number of para-hydroxylation sites is 1. The lowest BCUT2D eigenvalue weighted by Crippen LogP contribution is -2.59. The fourth-order valence-electron chi connectivity index (χ4n) is 8.78. The van der Waals surface area contributed by atoms with Crippen LogP contribution in [0.4, 0.5) is 4.39 Å². The molecule has 2 aromatic carbocycles. The van der Waals surface area contributed by atoms with Gasteiger partial charge in [0.1, 0.15) is 23.9 Å². The largest absolute Gasteiger partial charge is 0.465 e. The van der Waals surface area contributed by atoms with Gasteiger partial charge in [0.15, 0.2) is 0 Å². The molecule has 58 heavy (non-hydrogen) atoms. The van der Waals surface area contributed by atoms with Crippen LogP contribution in [-0.2, 0) is 23.7 Å². The van der Waals surface area contributed by atoms with Crippen molar-refractivity contribution >= 4 is 52.6 Å². The van der Waals surface area contributed by atoms with E-state index in [1.54, 1.807) is 53.6 Å². The predicted octanol–water partition coefficient (Wildman–Crippen LogP) is 7.29. The Hall–Kier alpha value is -4.65. The zero-order valence-electron chi connectivity index (χ0n) is 32.8. The van der Waals surface area contributed by atoms with Crippen LogP contribution in [0.3, 0.4) is 0 Å². The van der Waals surface area contributed by atoms with E-state index in [9.17, 15) is 23.7 Å². The first kappa shape index (κ1) is 40.1. The minimum atomic E-state index is -4.44. The fourth-order valence-corrected chi connectivity index (χ4v) is 11.6. The molecule has 1 aliphatic carbocycles. The highest BCUT2D eigenvalue weighted by atomic mass is 32.1. The molecule has 1 saturated carbocycles. The number of hydrogen-bond donors (Lipinski definition) is 2. The maximum Gasteiger partial charge on any atom is 0.355 e. The second kappa shape index (κ2) is 16.5. The number of ether oxygens (including phenoxy) is 1. The van der Waals surface area contributed by atoms with E-state index >= 15 is 4.39 Å². The molecule has 4 aromatic rings. The second-order valence-corrected chi connectivity index (χ2v) is 19.4. The van der Waals surface area contributed by atoms with Crippen LogP contribution in [0, 0.1) is 18.8 Å². The molecule has 2 N–H and O–H groups in total. The lowest BCUT2D eigenvalue weighted by atomic mass is 9.89. The second-order valence-electron chi connectivity index (χ2n) is 16.2. The maximum atomic E-state index is 16.5. The number of nitrogens with one attached hydrogen (secondary N) is 2. The molecule has 0 bridgehead atoms. The first-order valence-corrected chi connectivity index (χ1v) is 22.7. The molecule has 4 aliphatic rings. The Kier molecular flexibility index (Phi) is 11.4. The number of pyridine rings is 1. The number of thiophene rings is 1. The number of halogens is 1. The van der Waals surface area contributed by atoms with Crippen molar-refractivity contribution in [3.05, 3.63) is 94.6 Å². The number of carbonyl (C=O) groups is 4. The van der Waals surface area contributed by atoms with Gasteiger partial charge in [-0.3, -0.25) is 28.7 Å². The van der Waals surface area contributed by atoms with Crippen LogP contribution >= 0.6 is 18.9 Å². The monoisotopic (exact) mass is 829 g/mol. The van der Waals surface area contributed by atoms with Gasteiger partial charge in [-0.2, -0.15) is 0 Å². The zero-order valence-corrected chi connectivity index (χ0v) is 34.6. The summed E-state index contributed by atoms with van der Waals surface area (Å²) in [6, 6.07) is 13.9. The van der Waals surface area contributed by atoms with Crippen LogP contribution in [0.25, 0.3) is 10.1 Å². The van der Waals surface area contributed by atoms with Crippen LogP contribution in [-0.4, -0.2) is 82.3 Å². The summed E-state index contributed by atoms with van der Waals surface area (Å²) in [4.78, 5) is 63.1. The third-order valence-corrected chi connectivity index (χ3v) is 15.3. The van der Waals surface area contributed by atoms with Gasteiger partial charge in [-0.15, -0.1) is 11.3 Å². The highest BCUT2D eigenvalue weighted by Gasteiger charge is 2.52. The fraction of sp³-hybridized carbons (Fsp3) is 0.465. The first-order chi connectivity index (χ1) is 27.9. The molecule has 15 heteroatoms. The number of hydrogen-bond acceptors (Lipinski definition) is 9. The van der Waals surface area contributed by atoms with Crippen molar-refractivity contribution in [3.63, 3.8) is 0 Å². The number of alkyl halides is 1. The summed E-state index contributed by atoms with van der Waals surface area (Å²) in [5.41, 5.74) is 2.33. The molecule has 4 fully saturated rings. The Labute approximate surface area is 341 Å². The van der Waals surface area contributed by atoms with Gasteiger partial charge in [-0.25, -0.2) is 9.48 Å². The zero-order chi connectivity index (χ0) is 40.7. The van der Waals surface area contributed by atoms with Gasteiger partial charge < -0.3 is 24.4 Å². The number of carbonyl (C=O) groups excluding carboxylic acids is 4. The number of fused-ring (bicyclic) bond motifs is 3. The molecule has 5 heterocycles. The highest BCUT2D eigenvalue weighted by Crippen LogP contribution is 2.58. The number of benzene rings is 2. The summed E-state index contributed by atoms with van der Waals surface area (Å²) >= 11 is 1.21. The van der Waals surface area contributed by atoms with Crippen molar-refractivity contribution in [2.45, 2.75) is 95.3 Å². The first-order valence-electron chi connectivity index (χ1n) is 20.2. The summed E-state index contributed by atoms with van der Waals surface area (Å²) in [5.74, 6) is -2.34. The molecular weight excluding hydrogens is 781 g/mol. The summed E-state index contributed by atoms with van der Waals surface area (Å²) in [5, 5.41) is 6.17. The minimum absolute atomic E-state index is 0.0297. The SMILES string of the molecule is CCCOC(=O)[C@H](C)NP(=O)(Oc1ccccc1)C(F)c1ccc2sc(C(=O)N[C@H]3C[C@H]4C[C@H]4C[C@H]4CC[C@@H](C(=O)N5CC(c6cnccc6C)C5)N4C3=O)cc2c1. The highest BCUT2D eigenvalue weighted by molar-refractivity contribution is 7.57. The maximum absolute atomic E-state index is 16.5. The average molecular weight is 830 g/mol. The summed E-state index contributed by atoms with van der Waals surface area (Å²) in [6.07, 6.45) is 8.00. The van der Waals surface area contributed by atoms with E-state index in [-0.39, 0.29) is 41.7 Å². The van der Waals surface area contributed by atoms with Gasteiger partial charge in [0, 0.05) is 42.1 Å². The number of rotatable bonds is 13. The van der Waals surface area contributed by atoms with Crippen molar-refractivity contribution < 1.29 is 37.4 Å². The molecule has 3 amide bonds. The van der Waals surface area contributed by atoms with Gasteiger partial charge in [0.25, 0.3) is 5.91 Å². The van der Waals surface area contributed by atoms with E-state index in [0.717, 1.165) is 30.4 Å². The Morgan fingerprint density at radius 1 is 1.03 bits per heavy atom. The number of aromatic nitrogens is 1. The Balaban J connectivity index is 0.975. The summed E-state index contributed by atoms with van der Waals surface area (Å²) in [6.45, 7) is 6.69. The number of likely N-dealkylation sites (tertiary alicyclic amines) is 1. The molecule has 2 aromatic heterocycles. The molecule has 0 radical (unpaired) electrons. The quantitative estimate of drug-likeness (QED) is 0.105. The summed E-state index contributed by atoms with van der Waals surface area (Å²) < 4.78 is 42.5. The third kappa shape index (κ3) is 8.15. The van der Waals surface area contributed by atoms with E-state index in [0.29, 0.717) is 59.2 Å². The van der Waals surface area contributed by atoms with E-state index < -0.39 is 43.4 Å². The summed E-state index contributed by atoms with van der Waals surface area (Å²) in [7, 11) is -4.44.